The Morgan fingerprint density at radius 3 is 2.39 bits per heavy atom. The van der Waals surface area contributed by atoms with E-state index in [2.05, 4.69) is 0 Å². The van der Waals surface area contributed by atoms with Gasteiger partial charge < -0.3 is 34.3 Å². The monoisotopic (exact) mass is 390 g/mol. The molecule has 150 valence electrons. The second kappa shape index (κ2) is 9.13. The summed E-state index contributed by atoms with van der Waals surface area (Å²) in [5, 5.41) is 29.6. The Labute approximate surface area is 161 Å². The molecular weight excluding hydrogens is 368 g/mol. The first kappa shape index (κ1) is 20.2. The van der Waals surface area contributed by atoms with Crippen LogP contribution in [0.5, 0.6) is 11.5 Å². The number of aliphatic hydroxyl groups is 3. The fourth-order valence-corrected chi connectivity index (χ4v) is 2.80. The van der Waals surface area contributed by atoms with Crippen LogP contribution in [0.2, 0.25) is 0 Å². The largest absolute Gasteiger partial charge is 0.459 e. The molecule has 0 saturated carbocycles. The Balaban J connectivity index is 1.61. The smallest absolute Gasteiger partial charge is 0.338 e. The molecule has 8 nitrogen and oxygen atoms in total. The molecule has 8 heteroatoms. The maximum absolute atomic E-state index is 12.3. The Hall–Kier alpha value is -2.49. The Bertz CT molecular complexity index is 779. The minimum Gasteiger partial charge on any atom is -0.459 e. The molecule has 0 radical (unpaired) electrons. The summed E-state index contributed by atoms with van der Waals surface area (Å²) >= 11 is 0. The number of methoxy groups -OCH3 is 1. The van der Waals surface area contributed by atoms with Crippen LogP contribution in [0.15, 0.2) is 54.6 Å². The quantitative estimate of drug-likeness (QED) is 0.628. The number of hydrogen-bond acceptors (Lipinski definition) is 8. The van der Waals surface area contributed by atoms with Gasteiger partial charge >= 0.3 is 5.97 Å². The first-order valence-electron chi connectivity index (χ1n) is 8.72. The van der Waals surface area contributed by atoms with Crippen molar-refractivity contribution < 1.29 is 39.1 Å². The van der Waals surface area contributed by atoms with Crippen molar-refractivity contribution in [3.63, 3.8) is 0 Å². The molecule has 5 atom stereocenters. The lowest BCUT2D eigenvalue weighted by molar-refractivity contribution is -0.294. The summed E-state index contributed by atoms with van der Waals surface area (Å²) < 4.78 is 21.1. The molecule has 1 saturated heterocycles. The summed E-state index contributed by atoms with van der Waals surface area (Å²) in [5.74, 6) is 0.446. The van der Waals surface area contributed by atoms with Crippen molar-refractivity contribution in [1.82, 2.24) is 0 Å². The lowest BCUT2D eigenvalue weighted by atomic mass is 9.99. The van der Waals surface area contributed by atoms with E-state index in [9.17, 15) is 20.1 Å². The Morgan fingerprint density at radius 1 is 0.964 bits per heavy atom. The predicted octanol–water partition coefficient (Wildman–Crippen LogP) is 1.09. The van der Waals surface area contributed by atoms with Crippen molar-refractivity contribution in [3.8, 4) is 11.5 Å². The number of ether oxygens (including phenoxy) is 4. The van der Waals surface area contributed by atoms with Gasteiger partial charge in [0.1, 0.15) is 42.5 Å². The molecule has 2 unspecified atom stereocenters. The minimum absolute atomic E-state index is 0.252. The van der Waals surface area contributed by atoms with Crippen molar-refractivity contribution in [3.05, 3.63) is 60.2 Å². The van der Waals surface area contributed by atoms with Crippen LogP contribution in [0.4, 0.5) is 0 Å². The fourth-order valence-electron chi connectivity index (χ4n) is 2.80. The number of benzene rings is 2. The molecule has 1 aliphatic rings. The van der Waals surface area contributed by atoms with Crippen LogP contribution in [0.25, 0.3) is 0 Å². The third kappa shape index (κ3) is 4.67. The van der Waals surface area contributed by atoms with E-state index in [0.29, 0.717) is 11.5 Å². The molecule has 3 rings (SSSR count). The van der Waals surface area contributed by atoms with Crippen LogP contribution < -0.4 is 4.74 Å². The Morgan fingerprint density at radius 2 is 1.68 bits per heavy atom. The molecule has 3 N–H and O–H groups in total. The first-order chi connectivity index (χ1) is 13.5. The van der Waals surface area contributed by atoms with Gasteiger partial charge in [0.2, 0.25) is 0 Å². The summed E-state index contributed by atoms with van der Waals surface area (Å²) in [7, 11) is 1.29. The van der Waals surface area contributed by atoms with E-state index in [1.807, 2.05) is 18.2 Å². The highest BCUT2D eigenvalue weighted by Crippen LogP contribution is 2.24. The van der Waals surface area contributed by atoms with Gasteiger partial charge in [-0.1, -0.05) is 24.3 Å². The van der Waals surface area contributed by atoms with E-state index >= 15 is 0 Å². The van der Waals surface area contributed by atoms with E-state index in [1.165, 1.54) is 13.2 Å². The van der Waals surface area contributed by atoms with Crippen molar-refractivity contribution in [1.29, 1.82) is 0 Å². The fraction of sp³-hybridized carbons (Fsp3) is 0.350. The third-order valence-corrected chi connectivity index (χ3v) is 4.33. The highest BCUT2D eigenvalue weighted by Gasteiger charge is 2.44. The molecule has 2 aromatic carbocycles. The number of rotatable bonds is 6. The van der Waals surface area contributed by atoms with Gasteiger partial charge in [-0.05, 0) is 30.3 Å². The molecular formula is C20H22O8. The Kier molecular flexibility index (Phi) is 6.61. The van der Waals surface area contributed by atoms with Crippen LogP contribution >= 0.6 is 0 Å². The van der Waals surface area contributed by atoms with Gasteiger partial charge in [0, 0.05) is 7.11 Å². The summed E-state index contributed by atoms with van der Waals surface area (Å²) in [6.07, 6.45) is -6.49. The predicted molar refractivity (Wildman–Crippen MR) is 96.9 cm³/mol. The highest BCUT2D eigenvalue weighted by atomic mass is 16.7. The van der Waals surface area contributed by atoms with Gasteiger partial charge in [-0.25, -0.2) is 4.79 Å². The zero-order valence-corrected chi connectivity index (χ0v) is 15.2. The topological polar surface area (TPSA) is 115 Å². The number of esters is 1. The number of carbonyl (C=O) groups excluding carboxylic acids is 1. The van der Waals surface area contributed by atoms with Crippen molar-refractivity contribution in [2.45, 2.75) is 30.7 Å². The molecule has 0 spiro atoms. The molecule has 0 aliphatic carbocycles. The van der Waals surface area contributed by atoms with Crippen LogP contribution in [0.3, 0.4) is 0 Å². The number of aliphatic hydroxyl groups excluding tert-OH is 3. The van der Waals surface area contributed by atoms with Gasteiger partial charge in [0.15, 0.2) is 6.29 Å². The van der Waals surface area contributed by atoms with E-state index in [4.69, 9.17) is 18.9 Å². The maximum Gasteiger partial charge on any atom is 0.338 e. The van der Waals surface area contributed by atoms with Crippen molar-refractivity contribution in [2.75, 3.05) is 13.7 Å². The summed E-state index contributed by atoms with van der Waals surface area (Å²) in [6.45, 7) is -0.326. The molecule has 2 aromatic rings. The van der Waals surface area contributed by atoms with Crippen LogP contribution in [0, 0.1) is 0 Å². The van der Waals surface area contributed by atoms with Crippen molar-refractivity contribution >= 4 is 5.97 Å². The molecule has 1 aliphatic heterocycles. The molecule has 0 amide bonds. The SMILES string of the molecule is COC1OC(COC(=O)c2cccc(Oc3ccccc3)c2)[C@@H](O)[C@H](O)[C@H]1O. The van der Waals surface area contributed by atoms with Gasteiger partial charge in [-0.2, -0.15) is 0 Å². The van der Waals surface area contributed by atoms with Crippen LogP contribution in [0.1, 0.15) is 10.4 Å². The van der Waals surface area contributed by atoms with E-state index in [-0.39, 0.29) is 12.2 Å². The van der Waals surface area contributed by atoms with Gasteiger partial charge in [-0.15, -0.1) is 0 Å². The molecule has 0 bridgehead atoms. The lowest BCUT2D eigenvalue weighted by Crippen LogP contribution is -2.59. The summed E-state index contributed by atoms with van der Waals surface area (Å²) in [6, 6.07) is 15.6. The average Bonchev–Trinajstić information content (AvgIpc) is 2.72. The van der Waals surface area contributed by atoms with E-state index in [0.717, 1.165) is 0 Å². The highest BCUT2D eigenvalue weighted by molar-refractivity contribution is 5.89. The molecule has 1 heterocycles. The number of carbonyl (C=O) groups is 1. The zero-order chi connectivity index (χ0) is 20.1. The normalized spacial score (nSPS) is 27.2. The van der Waals surface area contributed by atoms with Gasteiger partial charge in [0.25, 0.3) is 0 Å². The van der Waals surface area contributed by atoms with E-state index < -0.39 is 36.7 Å². The summed E-state index contributed by atoms with van der Waals surface area (Å²) in [4.78, 5) is 12.3. The van der Waals surface area contributed by atoms with Crippen molar-refractivity contribution in [2.24, 2.45) is 0 Å². The van der Waals surface area contributed by atoms with Crippen LogP contribution in [-0.2, 0) is 14.2 Å². The number of hydrogen-bond donors (Lipinski definition) is 3. The van der Waals surface area contributed by atoms with Crippen LogP contribution in [-0.4, -0.2) is 65.7 Å². The second-order valence-corrected chi connectivity index (χ2v) is 6.29. The molecule has 1 fully saturated rings. The zero-order valence-electron chi connectivity index (χ0n) is 15.2. The maximum atomic E-state index is 12.3. The summed E-state index contributed by atoms with van der Waals surface area (Å²) in [5.41, 5.74) is 0.252. The van der Waals surface area contributed by atoms with Gasteiger partial charge in [-0.3, -0.25) is 0 Å². The lowest BCUT2D eigenvalue weighted by Gasteiger charge is -2.39. The first-order valence-corrected chi connectivity index (χ1v) is 8.72. The minimum atomic E-state index is -1.48. The third-order valence-electron chi connectivity index (χ3n) is 4.33. The molecule has 0 aromatic heterocycles. The van der Waals surface area contributed by atoms with Gasteiger partial charge in [0.05, 0.1) is 5.56 Å². The average molecular weight is 390 g/mol. The molecule has 28 heavy (non-hydrogen) atoms. The van der Waals surface area contributed by atoms with E-state index in [1.54, 1.807) is 30.3 Å². The second-order valence-electron chi connectivity index (χ2n) is 6.29. The number of para-hydroxylation sites is 1. The standard InChI is InChI=1S/C20H22O8/c1-25-20-18(23)17(22)16(21)15(28-20)11-26-19(24)12-6-5-9-14(10-12)27-13-7-3-2-4-8-13/h2-10,15-18,20-23H,11H2,1H3/t15?,16-,17+,18-,20?/m1/s1.